The quantitative estimate of drug-likeness (QED) is 0.298. The van der Waals surface area contributed by atoms with E-state index >= 15 is 0 Å². The van der Waals surface area contributed by atoms with E-state index in [1.165, 1.54) is 30.2 Å². The monoisotopic (exact) mass is 481 g/mol. The molecule has 8 heteroatoms. The van der Waals surface area contributed by atoms with Gasteiger partial charge in [0.2, 0.25) is 0 Å². The summed E-state index contributed by atoms with van der Waals surface area (Å²) in [6, 6.07) is 15.7. The number of methoxy groups -OCH3 is 1. The molecule has 1 unspecified atom stereocenters. The third-order valence-corrected chi connectivity index (χ3v) is 5.95. The standard InChI is InChI=1S/C26H21ClFNO5/c1-34-21-10-9-18(28)14-20(21)24(31)22-23(16-3-2-4-19(30)13-16)29(26(33)25(22)32)12-11-15-5-7-17(27)8-6-15/h2-10,13-14,23,30-31H,11-12H2,1H3/b24-22+. The second kappa shape index (κ2) is 9.57. The van der Waals surface area contributed by atoms with Gasteiger partial charge in [-0.2, -0.15) is 0 Å². The summed E-state index contributed by atoms with van der Waals surface area (Å²) in [6.45, 7) is 0.156. The molecule has 1 atom stereocenters. The smallest absolute Gasteiger partial charge is 0.295 e. The third-order valence-electron chi connectivity index (χ3n) is 5.70. The first-order valence-electron chi connectivity index (χ1n) is 10.5. The number of halogens is 2. The van der Waals surface area contributed by atoms with E-state index in [0.29, 0.717) is 17.0 Å². The number of carbonyl (C=O) groups excluding carboxylic acids is 2. The summed E-state index contributed by atoms with van der Waals surface area (Å²) in [7, 11) is 1.35. The fourth-order valence-electron chi connectivity index (χ4n) is 4.06. The highest BCUT2D eigenvalue weighted by molar-refractivity contribution is 6.46. The number of hydrogen-bond donors (Lipinski definition) is 2. The van der Waals surface area contributed by atoms with Crippen LogP contribution in [0.3, 0.4) is 0 Å². The number of benzene rings is 3. The predicted octanol–water partition coefficient (Wildman–Crippen LogP) is 4.86. The van der Waals surface area contributed by atoms with Crippen LogP contribution < -0.4 is 4.74 Å². The van der Waals surface area contributed by atoms with Crippen molar-refractivity contribution in [3.8, 4) is 11.5 Å². The molecule has 1 fully saturated rings. The summed E-state index contributed by atoms with van der Waals surface area (Å²) < 4.78 is 19.2. The van der Waals surface area contributed by atoms with E-state index in [-0.39, 0.29) is 29.2 Å². The van der Waals surface area contributed by atoms with Gasteiger partial charge in [0.1, 0.15) is 23.1 Å². The average Bonchev–Trinajstić information content (AvgIpc) is 3.08. The number of likely N-dealkylation sites (tertiary alicyclic amines) is 1. The molecule has 174 valence electrons. The SMILES string of the molecule is COc1ccc(F)cc1/C(O)=C1\C(=O)C(=O)N(CCc2ccc(Cl)cc2)C1c1cccc(O)c1. The lowest BCUT2D eigenvalue weighted by Crippen LogP contribution is -2.31. The van der Waals surface area contributed by atoms with E-state index in [1.807, 2.05) is 12.1 Å². The largest absolute Gasteiger partial charge is 0.508 e. The zero-order valence-corrected chi connectivity index (χ0v) is 18.9. The molecule has 2 N–H and O–H groups in total. The van der Waals surface area contributed by atoms with Gasteiger partial charge in [-0.15, -0.1) is 0 Å². The second-order valence-electron chi connectivity index (χ2n) is 7.81. The molecule has 1 aliphatic rings. The Labute approximate surface area is 200 Å². The summed E-state index contributed by atoms with van der Waals surface area (Å²) in [6.07, 6.45) is 0.419. The van der Waals surface area contributed by atoms with Crippen LogP contribution in [0.5, 0.6) is 11.5 Å². The van der Waals surface area contributed by atoms with E-state index in [9.17, 15) is 24.2 Å². The van der Waals surface area contributed by atoms with E-state index in [0.717, 1.165) is 17.7 Å². The molecule has 1 aliphatic heterocycles. The molecule has 0 aliphatic carbocycles. The van der Waals surface area contributed by atoms with Crippen molar-refractivity contribution in [2.75, 3.05) is 13.7 Å². The van der Waals surface area contributed by atoms with E-state index in [4.69, 9.17) is 16.3 Å². The Morgan fingerprint density at radius 2 is 1.82 bits per heavy atom. The number of phenols is 1. The molecule has 34 heavy (non-hydrogen) atoms. The van der Waals surface area contributed by atoms with Gasteiger partial charge >= 0.3 is 0 Å². The molecule has 0 aromatic heterocycles. The van der Waals surface area contributed by atoms with Crippen LogP contribution in [-0.4, -0.2) is 40.5 Å². The first kappa shape index (κ1) is 23.3. The number of aromatic hydroxyl groups is 1. The van der Waals surface area contributed by atoms with Crippen molar-refractivity contribution in [2.45, 2.75) is 12.5 Å². The van der Waals surface area contributed by atoms with Crippen molar-refractivity contribution in [3.05, 3.63) is 99.8 Å². The number of amides is 1. The summed E-state index contributed by atoms with van der Waals surface area (Å²) in [4.78, 5) is 27.5. The Morgan fingerprint density at radius 1 is 1.09 bits per heavy atom. The van der Waals surface area contributed by atoms with Crippen LogP contribution in [0.1, 0.15) is 22.7 Å². The van der Waals surface area contributed by atoms with Crippen LogP contribution in [0.15, 0.2) is 72.3 Å². The van der Waals surface area contributed by atoms with Crippen molar-refractivity contribution >= 4 is 29.1 Å². The van der Waals surface area contributed by atoms with Gasteiger partial charge in [-0.25, -0.2) is 4.39 Å². The minimum atomic E-state index is -0.993. The number of phenolic OH excluding ortho intramolecular Hbond substituents is 1. The molecule has 0 bridgehead atoms. The molecule has 4 rings (SSSR count). The number of Topliss-reactive ketones (excluding diaryl/α,β-unsaturated/α-hetero) is 1. The summed E-state index contributed by atoms with van der Waals surface area (Å²) in [5.74, 6) is -2.84. The molecule has 3 aromatic carbocycles. The molecule has 1 saturated heterocycles. The van der Waals surface area contributed by atoms with E-state index in [2.05, 4.69) is 0 Å². The molecule has 6 nitrogen and oxygen atoms in total. The van der Waals surface area contributed by atoms with E-state index in [1.54, 1.807) is 24.3 Å². The zero-order valence-electron chi connectivity index (χ0n) is 18.2. The number of ketones is 1. The molecule has 0 spiro atoms. The van der Waals surface area contributed by atoms with Crippen molar-refractivity contribution < 1.29 is 28.9 Å². The number of aliphatic hydroxyl groups excluding tert-OH is 1. The molecule has 0 radical (unpaired) electrons. The Balaban J connectivity index is 1.82. The number of aliphatic hydroxyl groups is 1. The average molecular weight is 482 g/mol. The Morgan fingerprint density at radius 3 is 2.50 bits per heavy atom. The lowest BCUT2D eigenvalue weighted by Gasteiger charge is -2.25. The van der Waals surface area contributed by atoms with Crippen LogP contribution in [0.25, 0.3) is 5.76 Å². The van der Waals surface area contributed by atoms with Gasteiger partial charge in [0.05, 0.1) is 24.3 Å². The number of carbonyl (C=O) groups is 2. The van der Waals surface area contributed by atoms with Gasteiger partial charge in [0, 0.05) is 11.6 Å². The number of nitrogens with zero attached hydrogens (tertiary/aromatic N) is 1. The van der Waals surface area contributed by atoms with Crippen LogP contribution >= 0.6 is 11.6 Å². The number of rotatable bonds is 6. The first-order chi connectivity index (χ1) is 16.3. The highest BCUT2D eigenvalue weighted by Gasteiger charge is 2.46. The minimum absolute atomic E-state index is 0.0524. The number of ether oxygens (including phenoxy) is 1. The van der Waals surface area contributed by atoms with Gasteiger partial charge in [-0.1, -0.05) is 35.9 Å². The topological polar surface area (TPSA) is 87.1 Å². The maximum atomic E-state index is 14.0. The normalized spacial score (nSPS) is 17.3. The van der Waals surface area contributed by atoms with Crippen molar-refractivity contribution in [2.24, 2.45) is 0 Å². The van der Waals surface area contributed by atoms with Gasteiger partial charge in [-0.3, -0.25) is 9.59 Å². The number of hydrogen-bond acceptors (Lipinski definition) is 5. The zero-order chi connectivity index (χ0) is 24.4. The Bertz CT molecular complexity index is 1290. The van der Waals surface area contributed by atoms with Gasteiger partial charge in [0.25, 0.3) is 11.7 Å². The third kappa shape index (κ3) is 4.47. The molecule has 1 heterocycles. The molecule has 3 aromatic rings. The van der Waals surface area contributed by atoms with Crippen molar-refractivity contribution in [1.82, 2.24) is 4.90 Å². The summed E-state index contributed by atoms with van der Waals surface area (Å²) >= 11 is 5.94. The lowest BCUT2D eigenvalue weighted by molar-refractivity contribution is -0.139. The van der Waals surface area contributed by atoms with Crippen LogP contribution in [0.4, 0.5) is 4.39 Å². The maximum absolute atomic E-state index is 14.0. The molecule has 1 amide bonds. The van der Waals surface area contributed by atoms with Crippen LogP contribution in [-0.2, 0) is 16.0 Å². The van der Waals surface area contributed by atoms with Gasteiger partial charge in [-0.05, 0) is 60.0 Å². The highest BCUT2D eigenvalue weighted by atomic mass is 35.5. The second-order valence-corrected chi connectivity index (χ2v) is 8.24. The fraction of sp³-hybridized carbons (Fsp3) is 0.154. The van der Waals surface area contributed by atoms with Gasteiger partial charge in [0.15, 0.2) is 0 Å². The Kier molecular flexibility index (Phi) is 6.56. The highest BCUT2D eigenvalue weighted by Crippen LogP contribution is 2.41. The van der Waals surface area contributed by atoms with Crippen molar-refractivity contribution in [3.63, 3.8) is 0 Å². The lowest BCUT2D eigenvalue weighted by atomic mass is 9.94. The first-order valence-corrected chi connectivity index (χ1v) is 10.8. The Hall–Kier alpha value is -3.84. The predicted molar refractivity (Wildman–Crippen MR) is 125 cm³/mol. The molecule has 0 saturated carbocycles. The fourth-order valence-corrected chi connectivity index (χ4v) is 4.19. The molecular weight excluding hydrogens is 461 g/mol. The maximum Gasteiger partial charge on any atom is 0.295 e. The van der Waals surface area contributed by atoms with Crippen molar-refractivity contribution in [1.29, 1.82) is 0 Å². The van der Waals surface area contributed by atoms with Crippen LogP contribution in [0, 0.1) is 5.82 Å². The van der Waals surface area contributed by atoms with E-state index < -0.39 is 29.3 Å². The van der Waals surface area contributed by atoms with Crippen LogP contribution in [0.2, 0.25) is 5.02 Å². The molecular formula is C26H21ClFNO5. The minimum Gasteiger partial charge on any atom is -0.508 e. The summed E-state index contributed by atoms with van der Waals surface area (Å²) in [5, 5.41) is 21.7. The van der Waals surface area contributed by atoms with Gasteiger partial charge < -0.3 is 19.8 Å². The summed E-state index contributed by atoms with van der Waals surface area (Å²) in [5.41, 5.74) is 1.05.